The number of carbonyl (C=O) groups is 1. The number of aromatic nitrogens is 3. The first-order valence-electron chi connectivity index (χ1n) is 6.37. The van der Waals surface area contributed by atoms with Crippen molar-refractivity contribution >= 4 is 11.3 Å². The third-order valence-corrected chi connectivity index (χ3v) is 3.21. The second-order valence-electron chi connectivity index (χ2n) is 4.50. The van der Waals surface area contributed by atoms with Crippen LogP contribution in [-0.2, 0) is 6.54 Å². The Labute approximate surface area is 115 Å². The summed E-state index contributed by atoms with van der Waals surface area (Å²) < 4.78 is 3.07. The molecule has 0 aliphatic heterocycles. The summed E-state index contributed by atoms with van der Waals surface area (Å²) in [4.78, 5) is 24.1. The molecule has 2 aromatic heterocycles. The number of nitrogens with zero attached hydrogens (tertiary/aromatic N) is 3. The summed E-state index contributed by atoms with van der Waals surface area (Å²) >= 11 is 0. The third kappa shape index (κ3) is 2.25. The zero-order valence-corrected chi connectivity index (χ0v) is 10.8. The second kappa shape index (κ2) is 5.13. The zero-order valence-electron chi connectivity index (χ0n) is 10.8. The number of rotatable bonds is 4. The summed E-state index contributed by atoms with van der Waals surface area (Å²) in [5.74, 6) is 0.0332. The van der Waals surface area contributed by atoms with Gasteiger partial charge in [0.1, 0.15) is 5.52 Å². The number of fused-ring (bicyclic) bond motifs is 1. The molecule has 0 unspecified atom stereocenters. The fourth-order valence-corrected chi connectivity index (χ4v) is 2.13. The van der Waals surface area contributed by atoms with Crippen molar-refractivity contribution in [2.45, 2.75) is 13.0 Å². The topological polar surface area (TPSA) is 56.4 Å². The largest absolute Gasteiger partial charge is 0.312 e. The Balaban J connectivity index is 1.79. The van der Waals surface area contributed by atoms with Crippen molar-refractivity contribution in [2.24, 2.45) is 0 Å². The Morgan fingerprint density at radius 2 is 1.90 bits per heavy atom. The third-order valence-electron chi connectivity index (χ3n) is 3.21. The highest BCUT2D eigenvalue weighted by molar-refractivity contribution is 5.95. The smallest absolute Gasteiger partial charge is 0.276 e. The summed E-state index contributed by atoms with van der Waals surface area (Å²) in [5, 5.41) is 4.00. The SMILES string of the molecule is O=C(CCn1ccn2nccc2c1=O)c1ccccc1. The molecule has 0 saturated heterocycles. The normalized spacial score (nSPS) is 10.8. The molecule has 100 valence electrons. The van der Waals surface area contributed by atoms with E-state index in [0.717, 1.165) is 0 Å². The highest BCUT2D eigenvalue weighted by atomic mass is 16.1. The van der Waals surface area contributed by atoms with Crippen molar-refractivity contribution in [2.75, 3.05) is 0 Å². The number of ketones is 1. The van der Waals surface area contributed by atoms with Gasteiger partial charge >= 0.3 is 0 Å². The van der Waals surface area contributed by atoms with Crippen LogP contribution in [0.3, 0.4) is 0 Å². The lowest BCUT2D eigenvalue weighted by molar-refractivity contribution is 0.0976. The molecule has 0 bridgehead atoms. The van der Waals surface area contributed by atoms with E-state index in [1.165, 1.54) is 9.08 Å². The molecule has 0 radical (unpaired) electrons. The number of Topliss-reactive ketones (excluding diaryl/α,β-unsaturated/α-hetero) is 1. The first kappa shape index (κ1) is 12.3. The van der Waals surface area contributed by atoms with E-state index in [2.05, 4.69) is 5.10 Å². The lowest BCUT2D eigenvalue weighted by Gasteiger charge is -2.05. The van der Waals surface area contributed by atoms with Gasteiger partial charge in [-0.05, 0) is 6.07 Å². The number of hydrogen-bond donors (Lipinski definition) is 0. The fraction of sp³-hybridized carbons (Fsp3) is 0.133. The molecular weight excluding hydrogens is 254 g/mol. The van der Waals surface area contributed by atoms with Crippen molar-refractivity contribution in [3.8, 4) is 0 Å². The van der Waals surface area contributed by atoms with Crippen LogP contribution < -0.4 is 5.56 Å². The molecule has 2 heterocycles. The van der Waals surface area contributed by atoms with Gasteiger partial charge in [-0.2, -0.15) is 5.10 Å². The van der Waals surface area contributed by atoms with Crippen LogP contribution in [0.2, 0.25) is 0 Å². The highest BCUT2D eigenvalue weighted by Gasteiger charge is 2.07. The number of hydrogen-bond acceptors (Lipinski definition) is 3. The van der Waals surface area contributed by atoms with E-state index < -0.39 is 0 Å². The lowest BCUT2D eigenvalue weighted by atomic mass is 10.1. The fourth-order valence-electron chi connectivity index (χ4n) is 2.13. The van der Waals surface area contributed by atoms with Crippen LogP contribution >= 0.6 is 0 Å². The first-order valence-corrected chi connectivity index (χ1v) is 6.37. The van der Waals surface area contributed by atoms with Crippen molar-refractivity contribution < 1.29 is 4.79 Å². The molecule has 1 aromatic carbocycles. The second-order valence-corrected chi connectivity index (χ2v) is 4.50. The average molecular weight is 267 g/mol. The maximum atomic E-state index is 12.1. The molecule has 0 saturated carbocycles. The molecule has 0 fully saturated rings. The lowest BCUT2D eigenvalue weighted by Crippen LogP contribution is -2.22. The van der Waals surface area contributed by atoms with E-state index in [0.29, 0.717) is 24.0 Å². The maximum Gasteiger partial charge on any atom is 0.276 e. The summed E-state index contributed by atoms with van der Waals surface area (Å²) in [6.07, 6.45) is 5.24. The molecular formula is C15H13N3O2. The van der Waals surface area contributed by atoms with Crippen LogP contribution in [0.25, 0.3) is 5.52 Å². The maximum absolute atomic E-state index is 12.1. The number of carbonyl (C=O) groups excluding carboxylic acids is 1. The predicted octanol–water partition coefficient (Wildman–Crippen LogP) is 1.77. The van der Waals surface area contributed by atoms with E-state index in [1.807, 2.05) is 18.2 Å². The van der Waals surface area contributed by atoms with Crippen molar-refractivity contribution in [1.29, 1.82) is 0 Å². The van der Waals surface area contributed by atoms with Crippen LogP contribution in [0.15, 0.2) is 59.8 Å². The predicted molar refractivity (Wildman–Crippen MR) is 74.8 cm³/mol. The molecule has 0 amide bonds. The Morgan fingerprint density at radius 3 is 2.70 bits per heavy atom. The van der Waals surface area contributed by atoms with Crippen molar-refractivity contribution in [1.82, 2.24) is 14.2 Å². The molecule has 5 heteroatoms. The Hall–Kier alpha value is -2.69. The molecule has 3 aromatic rings. The summed E-state index contributed by atoms with van der Waals surface area (Å²) in [5.41, 5.74) is 1.05. The summed E-state index contributed by atoms with van der Waals surface area (Å²) in [7, 11) is 0. The minimum atomic E-state index is -0.133. The van der Waals surface area contributed by atoms with Gasteiger partial charge in [-0.1, -0.05) is 30.3 Å². The molecule has 0 spiro atoms. The monoisotopic (exact) mass is 267 g/mol. The quantitative estimate of drug-likeness (QED) is 0.677. The van der Waals surface area contributed by atoms with Gasteiger partial charge in [0, 0.05) is 30.9 Å². The zero-order chi connectivity index (χ0) is 13.9. The van der Waals surface area contributed by atoms with Crippen LogP contribution in [0.4, 0.5) is 0 Å². The van der Waals surface area contributed by atoms with Crippen LogP contribution in [-0.4, -0.2) is 20.0 Å². The number of aryl methyl sites for hydroxylation is 1. The van der Waals surface area contributed by atoms with Crippen molar-refractivity contribution in [3.05, 3.63) is 70.9 Å². The van der Waals surface area contributed by atoms with Gasteiger partial charge in [0.05, 0.1) is 6.20 Å². The summed E-state index contributed by atoms with van der Waals surface area (Å²) in [6.45, 7) is 0.369. The highest BCUT2D eigenvalue weighted by Crippen LogP contribution is 2.04. The van der Waals surface area contributed by atoms with E-state index in [9.17, 15) is 9.59 Å². The van der Waals surface area contributed by atoms with E-state index in [-0.39, 0.29) is 11.3 Å². The van der Waals surface area contributed by atoms with Gasteiger partial charge < -0.3 is 4.57 Å². The van der Waals surface area contributed by atoms with E-state index in [1.54, 1.807) is 36.8 Å². The molecule has 3 rings (SSSR count). The van der Waals surface area contributed by atoms with Gasteiger partial charge in [-0.15, -0.1) is 0 Å². The first-order chi connectivity index (χ1) is 9.75. The Morgan fingerprint density at radius 1 is 1.10 bits per heavy atom. The molecule has 0 aliphatic carbocycles. The standard InChI is InChI=1S/C15H13N3O2/c19-14(12-4-2-1-3-5-12)7-9-17-10-11-18-13(15(17)20)6-8-16-18/h1-6,8,10-11H,7,9H2. The van der Waals surface area contributed by atoms with E-state index >= 15 is 0 Å². The van der Waals surface area contributed by atoms with Crippen LogP contribution in [0, 0.1) is 0 Å². The summed E-state index contributed by atoms with van der Waals surface area (Å²) in [6, 6.07) is 10.8. The Bertz CT molecular complexity index is 803. The van der Waals surface area contributed by atoms with Gasteiger partial charge in [0.15, 0.2) is 5.78 Å². The van der Waals surface area contributed by atoms with Gasteiger partial charge in [-0.25, -0.2) is 4.52 Å². The molecule has 0 atom stereocenters. The number of benzene rings is 1. The van der Waals surface area contributed by atoms with Gasteiger partial charge in [0.25, 0.3) is 5.56 Å². The molecule has 0 N–H and O–H groups in total. The minimum Gasteiger partial charge on any atom is -0.312 e. The van der Waals surface area contributed by atoms with Crippen molar-refractivity contribution in [3.63, 3.8) is 0 Å². The average Bonchev–Trinajstić information content (AvgIpc) is 2.96. The molecule has 5 nitrogen and oxygen atoms in total. The van der Waals surface area contributed by atoms with Crippen LogP contribution in [0.1, 0.15) is 16.8 Å². The van der Waals surface area contributed by atoms with Gasteiger partial charge in [0.2, 0.25) is 0 Å². The minimum absolute atomic E-state index is 0.0332. The van der Waals surface area contributed by atoms with E-state index in [4.69, 9.17) is 0 Å². The van der Waals surface area contributed by atoms with Crippen LogP contribution in [0.5, 0.6) is 0 Å². The molecule has 20 heavy (non-hydrogen) atoms. The Kier molecular flexibility index (Phi) is 3.16. The molecule has 0 aliphatic rings. The van der Waals surface area contributed by atoms with Gasteiger partial charge in [-0.3, -0.25) is 9.59 Å².